The quantitative estimate of drug-likeness (QED) is 0.538. The summed E-state index contributed by atoms with van der Waals surface area (Å²) in [4.78, 5) is 2.17. The Balaban J connectivity index is 0.00000272. The number of rotatable bonds is 8. The molecule has 0 bridgehead atoms. The second-order valence-electron chi connectivity index (χ2n) is 7.63. The molecule has 0 fully saturated rings. The van der Waals surface area contributed by atoms with E-state index in [4.69, 9.17) is 4.74 Å². The van der Waals surface area contributed by atoms with E-state index in [1.807, 2.05) is 48.5 Å². The summed E-state index contributed by atoms with van der Waals surface area (Å²) in [6.07, 6.45) is 0.187. The van der Waals surface area contributed by atoms with E-state index in [1.54, 1.807) is 13.1 Å². The summed E-state index contributed by atoms with van der Waals surface area (Å²) in [5, 5.41) is 13.9. The van der Waals surface area contributed by atoms with Gasteiger partial charge in [0.05, 0.1) is 12.1 Å². The fourth-order valence-corrected chi connectivity index (χ4v) is 4.14. The molecule has 31 heavy (non-hydrogen) atoms. The van der Waals surface area contributed by atoms with Crippen molar-refractivity contribution in [3.8, 4) is 5.75 Å². The SMILES string of the molecule is CNC[C@@H](O)[C@H](c1cccc(F)c1)N1CCc2cc(OCc3ccccc3)ccc21.Cl. The first-order valence-corrected chi connectivity index (χ1v) is 10.3. The molecule has 0 unspecified atom stereocenters. The van der Waals surface area contributed by atoms with E-state index in [9.17, 15) is 9.50 Å². The topological polar surface area (TPSA) is 44.7 Å². The van der Waals surface area contributed by atoms with Crippen molar-refractivity contribution in [2.75, 3.05) is 25.0 Å². The first-order valence-electron chi connectivity index (χ1n) is 10.3. The Morgan fingerprint density at radius 3 is 2.61 bits per heavy atom. The number of hydrogen-bond donors (Lipinski definition) is 2. The lowest BCUT2D eigenvalue weighted by Crippen LogP contribution is -2.40. The molecule has 4 nitrogen and oxygen atoms in total. The Bertz CT molecular complexity index is 986. The number of nitrogens with zero attached hydrogens (tertiary/aromatic N) is 1. The summed E-state index contributed by atoms with van der Waals surface area (Å²) >= 11 is 0. The molecule has 1 aliphatic heterocycles. The van der Waals surface area contributed by atoms with Crippen LogP contribution in [0, 0.1) is 5.82 Å². The highest BCUT2D eigenvalue weighted by molar-refractivity contribution is 5.85. The summed E-state index contributed by atoms with van der Waals surface area (Å²) < 4.78 is 19.9. The first kappa shape index (κ1) is 23.1. The summed E-state index contributed by atoms with van der Waals surface area (Å²) in [6.45, 7) is 1.71. The van der Waals surface area contributed by atoms with Crippen LogP contribution in [0.2, 0.25) is 0 Å². The number of halogens is 2. The van der Waals surface area contributed by atoms with Crippen molar-refractivity contribution in [3.05, 3.63) is 95.3 Å². The van der Waals surface area contributed by atoms with Gasteiger partial charge < -0.3 is 20.1 Å². The number of nitrogens with one attached hydrogen (secondary N) is 1. The first-order chi connectivity index (χ1) is 14.7. The molecule has 6 heteroatoms. The molecule has 164 valence electrons. The van der Waals surface area contributed by atoms with Crippen LogP contribution < -0.4 is 15.0 Å². The third kappa shape index (κ3) is 5.37. The van der Waals surface area contributed by atoms with E-state index in [0.717, 1.165) is 35.5 Å². The molecule has 2 atom stereocenters. The van der Waals surface area contributed by atoms with Gasteiger partial charge in [-0.15, -0.1) is 12.4 Å². The highest BCUT2D eigenvalue weighted by Crippen LogP contribution is 2.38. The van der Waals surface area contributed by atoms with Crippen molar-refractivity contribution in [1.82, 2.24) is 5.32 Å². The van der Waals surface area contributed by atoms with Gasteiger partial charge in [-0.3, -0.25) is 0 Å². The van der Waals surface area contributed by atoms with Crippen molar-refractivity contribution in [2.24, 2.45) is 0 Å². The van der Waals surface area contributed by atoms with Gasteiger partial charge in [-0.25, -0.2) is 4.39 Å². The second-order valence-corrected chi connectivity index (χ2v) is 7.63. The highest BCUT2D eigenvalue weighted by Gasteiger charge is 2.32. The Kier molecular flexibility index (Phi) is 7.91. The van der Waals surface area contributed by atoms with Gasteiger partial charge in [0, 0.05) is 18.8 Å². The predicted octanol–water partition coefficient (Wildman–Crippen LogP) is 4.51. The fourth-order valence-electron chi connectivity index (χ4n) is 4.14. The minimum Gasteiger partial charge on any atom is -0.489 e. The molecule has 1 aliphatic rings. The maximum atomic E-state index is 13.9. The minimum atomic E-state index is -0.670. The Morgan fingerprint density at radius 2 is 1.87 bits per heavy atom. The highest BCUT2D eigenvalue weighted by atomic mass is 35.5. The molecule has 4 rings (SSSR count). The van der Waals surface area contributed by atoms with Gasteiger partial charge in [0.25, 0.3) is 0 Å². The van der Waals surface area contributed by atoms with Gasteiger partial charge in [0.1, 0.15) is 18.2 Å². The molecule has 0 aromatic heterocycles. The molecule has 3 aromatic carbocycles. The maximum Gasteiger partial charge on any atom is 0.123 e. The minimum absolute atomic E-state index is 0. The molecular formula is C25H28ClFN2O2. The van der Waals surface area contributed by atoms with E-state index >= 15 is 0 Å². The lowest BCUT2D eigenvalue weighted by atomic mass is 9.99. The number of ether oxygens (including phenoxy) is 1. The van der Waals surface area contributed by atoms with Crippen LogP contribution in [-0.2, 0) is 13.0 Å². The lowest BCUT2D eigenvalue weighted by molar-refractivity contribution is 0.141. The second kappa shape index (κ2) is 10.6. The van der Waals surface area contributed by atoms with Crippen molar-refractivity contribution in [2.45, 2.75) is 25.2 Å². The number of benzene rings is 3. The van der Waals surface area contributed by atoms with E-state index in [0.29, 0.717) is 13.2 Å². The van der Waals surface area contributed by atoms with Gasteiger partial charge in [0.2, 0.25) is 0 Å². The molecular weight excluding hydrogens is 415 g/mol. The zero-order chi connectivity index (χ0) is 20.9. The van der Waals surface area contributed by atoms with Gasteiger partial charge in [-0.05, 0) is 60.5 Å². The van der Waals surface area contributed by atoms with Gasteiger partial charge >= 0.3 is 0 Å². The molecule has 0 spiro atoms. The average Bonchev–Trinajstić information content (AvgIpc) is 3.16. The zero-order valence-corrected chi connectivity index (χ0v) is 18.3. The lowest BCUT2D eigenvalue weighted by Gasteiger charge is -2.34. The predicted molar refractivity (Wildman–Crippen MR) is 125 cm³/mol. The normalized spacial score (nSPS) is 14.5. The van der Waals surface area contributed by atoms with Crippen LogP contribution in [-0.4, -0.2) is 31.3 Å². The van der Waals surface area contributed by atoms with E-state index in [2.05, 4.69) is 16.3 Å². The molecule has 0 saturated carbocycles. The zero-order valence-electron chi connectivity index (χ0n) is 17.5. The number of aliphatic hydroxyl groups excluding tert-OH is 1. The monoisotopic (exact) mass is 442 g/mol. The summed E-state index contributed by atoms with van der Waals surface area (Å²) in [7, 11) is 1.81. The van der Waals surface area contributed by atoms with Crippen LogP contribution >= 0.6 is 12.4 Å². The number of aliphatic hydroxyl groups is 1. The smallest absolute Gasteiger partial charge is 0.123 e. The van der Waals surface area contributed by atoms with E-state index in [1.165, 1.54) is 17.7 Å². The summed E-state index contributed by atoms with van der Waals surface area (Å²) in [5.41, 5.74) is 4.14. The standard InChI is InChI=1S/C25H27FN2O2.ClH/c1-27-16-24(29)25(20-8-5-9-21(26)14-20)28-13-12-19-15-22(10-11-23(19)28)30-17-18-6-3-2-4-7-18;/h2-11,14-15,24-25,27,29H,12-13,16-17H2,1H3;1H/t24-,25+;/m1./s1. The number of likely N-dealkylation sites (N-methyl/N-ethyl adjacent to an activating group) is 1. The largest absolute Gasteiger partial charge is 0.489 e. The molecule has 0 saturated heterocycles. The molecule has 2 N–H and O–H groups in total. The average molecular weight is 443 g/mol. The van der Waals surface area contributed by atoms with Crippen LogP contribution in [0.5, 0.6) is 5.75 Å². The van der Waals surface area contributed by atoms with Crippen molar-refractivity contribution in [1.29, 1.82) is 0 Å². The van der Waals surface area contributed by atoms with E-state index in [-0.39, 0.29) is 24.3 Å². The molecule has 0 amide bonds. The van der Waals surface area contributed by atoms with Crippen LogP contribution in [0.15, 0.2) is 72.8 Å². The third-order valence-corrected chi connectivity index (χ3v) is 5.53. The van der Waals surface area contributed by atoms with Crippen molar-refractivity contribution >= 4 is 18.1 Å². The summed E-state index contributed by atoms with van der Waals surface area (Å²) in [5.74, 6) is 0.538. The van der Waals surface area contributed by atoms with Crippen LogP contribution in [0.4, 0.5) is 10.1 Å². The van der Waals surface area contributed by atoms with Crippen molar-refractivity contribution < 1.29 is 14.2 Å². The number of fused-ring (bicyclic) bond motifs is 1. The maximum absolute atomic E-state index is 13.9. The van der Waals surface area contributed by atoms with Crippen LogP contribution in [0.25, 0.3) is 0 Å². The number of anilines is 1. The molecule has 1 heterocycles. The van der Waals surface area contributed by atoms with E-state index < -0.39 is 6.10 Å². The molecule has 3 aromatic rings. The van der Waals surface area contributed by atoms with Crippen LogP contribution in [0.1, 0.15) is 22.7 Å². The van der Waals surface area contributed by atoms with Crippen molar-refractivity contribution in [3.63, 3.8) is 0 Å². The Morgan fingerprint density at radius 1 is 1.06 bits per heavy atom. The summed E-state index contributed by atoms with van der Waals surface area (Å²) in [6, 6.07) is 22.4. The molecule has 0 aliphatic carbocycles. The fraction of sp³-hybridized carbons (Fsp3) is 0.280. The third-order valence-electron chi connectivity index (χ3n) is 5.53. The van der Waals surface area contributed by atoms with Gasteiger partial charge in [-0.1, -0.05) is 42.5 Å². The van der Waals surface area contributed by atoms with Crippen LogP contribution in [0.3, 0.4) is 0 Å². The molecule has 0 radical (unpaired) electrons. The Labute approximate surface area is 189 Å². The van der Waals surface area contributed by atoms with Gasteiger partial charge in [-0.2, -0.15) is 0 Å². The number of hydrogen-bond acceptors (Lipinski definition) is 4. The van der Waals surface area contributed by atoms with Gasteiger partial charge in [0.15, 0.2) is 0 Å². The Hall–Kier alpha value is -2.60.